The second-order valence-corrected chi connectivity index (χ2v) is 3.65. The number of ether oxygens (including phenoxy) is 1. The van der Waals surface area contributed by atoms with Crippen LogP contribution in [-0.2, 0) is 20.0 Å². The lowest BCUT2D eigenvalue weighted by Crippen LogP contribution is -2.51. The van der Waals surface area contributed by atoms with Crippen LogP contribution in [0.2, 0.25) is 0 Å². The van der Waals surface area contributed by atoms with Gasteiger partial charge in [-0.05, 0) is 19.4 Å². The minimum atomic E-state index is -1.13. The first-order chi connectivity index (χ1) is 8.19. The average molecular weight is 236 g/mol. The zero-order valence-electron chi connectivity index (χ0n) is 9.13. The van der Waals surface area contributed by atoms with Crippen LogP contribution in [0.15, 0.2) is 25.0 Å². The number of carbonyl (C=O) groups excluding carboxylic acids is 2. The molecule has 90 valence electrons. The molecule has 0 aliphatic carbocycles. The Bertz CT molecular complexity index is 434. The highest BCUT2D eigenvalue weighted by atomic mass is 16.6. The summed E-state index contributed by atoms with van der Waals surface area (Å²) < 4.78 is 6.04. The van der Waals surface area contributed by atoms with Gasteiger partial charge in [0.05, 0.1) is 6.20 Å². The molecule has 7 heteroatoms. The molecule has 1 N–H and O–H groups in total. The fourth-order valence-electron chi connectivity index (χ4n) is 1.82. The maximum Gasteiger partial charge on any atom is 0.357 e. The molecule has 0 amide bonds. The predicted molar refractivity (Wildman–Crippen MR) is 56.5 cm³/mol. The normalized spacial score (nSPS) is 23.3. The number of aromatic nitrogens is 3. The quantitative estimate of drug-likeness (QED) is 0.435. The van der Waals surface area contributed by atoms with Crippen molar-refractivity contribution in [1.29, 1.82) is 0 Å². The number of hydrogen-bond acceptors (Lipinski definition) is 6. The second kappa shape index (κ2) is 4.46. The van der Waals surface area contributed by atoms with Crippen molar-refractivity contribution < 1.29 is 14.3 Å². The van der Waals surface area contributed by atoms with Gasteiger partial charge >= 0.3 is 11.9 Å². The van der Waals surface area contributed by atoms with Crippen LogP contribution >= 0.6 is 0 Å². The summed E-state index contributed by atoms with van der Waals surface area (Å²) in [6, 6.07) is 0. The van der Waals surface area contributed by atoms with Crippen molar-refractivity contribution in [1.82, 2.24) is 20.3 Å². The van der Waals surface area contributed by atoms with E-state index in [1.54, 1.807) is 6.20 Å². The maximum atomic E-state index is 12.0. The third-order valence-electron chi connectivity index (χ3n) is 2.64. The number of rotatable bonds is 3. The van der Waals surface area contributed by atoms with Crippen molar-refractivity contribution in [2.24, 2.45) is 0 Å². The minimum Gasteiger partial charge on any atom is -0.387 e. The van der Waals surface area contributed by atoms with Gasteiger partial charge in [0.1, 0.15) is 0 Å². The van der Waals surface area contributed by atoms with Crippen molar-refractivity contribution in [2.75, 3.05) is 6.54 Å². The highest BCUT2D eigenvalue weighted by molar-refractivity contribution is 5.94. The number of carbonyl (C=O) groups is 2. The van der Waals surface area contributed by atoms with Crippen molar-refractivity contribution in [2.45, 2.75) is 18.5 Å². The Morgan fingerprint density at radius 3 is 2.94 bits per heavy atom. The summed E-state index contributed by atoms with van der Waals surface area (Å²) in [5.74, 6) is -1.46. The van der Waals surface area contributed by atoms with E-state index < -0.39 is 17.6 Å². The van der Waals surface area contributed by atoms with E-state index in [4.69, 9.17) is 0 Å². The molecule has 0 saturated carbocycles. The van der Waals surface area contributed by atoms with Gasteiger partial charge in [-0.1, -0.05) is 11.8 Å². The van der Waals surface area contributed by atoms with Gasteiger partial charge in [0.2, 0.25) is 5.66 Å². The Morgan fingerprint density at radius 2 is 2.41 bits per heavy atom. The Labute approximate surface area is 97.4 Å². The van der Waals surface area contributed by atoms with Gasteiger partial charge in [0.25, 0.3) is 0 Å². The summed E-state index contributed by atoms with van der Waals surface area (Å²) in [6.07, 6.45) is 5.25. The van der Waals surface area contributed by atoms with Gasteiger partial charge in [-0.15, -0.1) is 5.10 Å². The first kappa shape index (κ1) is 11.5. The van der Waals surface area contributed by atoms with Crippen LogP contribution < -0.4 is 5.32 Å². The van der Waals surface area contributed by atoms with Gasteiger partial charge in [-0.25, -0.2) is 14.3 Å². The first-order valence-corrected chi connectivity index (χ1v) is 5.19. The molecule has 0 spiro atoms. The number of nitrogens with one attached hydrogen (secondary N) is 1. The zero-order chi connectivity index (χ0) is 12.3. The number of hydrogen-bond donors (Lipinski definition) is 1. The summed E-state index contributed by atoms with van der Waals surface area (Å²) >= 11 is 0. The summed E-state index contributed by atoms with van der Waals surface area (Å²) in [5, 5.41) is 10.4. The van der Waals surface area contributed by atoms with Gasteiger partial charge in [0.15, 0.2) is 0 Å². The standard InChI is InChI=1S/C10H12N4O3/c1-2-8(15)17-9(16)10(4-3-5-11-10)14-7-6-12-13-14/h2,6-7,11H,1,3-5H2/t10-/m1/s1. The highest BCUT2D eigenvalue weighted by Gasteiger charge is 2.46. The van der Waals surface area contributed by atoms with Crippen LogP contribution in [0, 0.1) is 0 Å². The summed E-state index contributed by atoms with van der Waals surface area (Å²) in [6.45, 7) is 3.89. The van der Waals surface area contributed by atoms with Crippen LogP contribution in [0.1, 0.15) is 12.8 Å². The molecule has 1 saturated heterocycles. The third-order valence-corrected chi connectivity index (χ3v) is 2.64. The topological polar surface area (TPSA) is 86.1 Å². The predicted octanol–water partition coefficient (Wildman–Crippen LogP) is -0.430. The number of nitrogens with zero attached hydrogens (tertiary/aromatic N) is 3. The molecular weight excluding hydrogens is 224 g/mol. The molecule has 1 aromatic rings. The Morgan fingerprint density at radius 1 is 1.59 bits per heavy atom. The molecule has 7 nitrogen and oxygen atoms in total. The fraction of sp³-hybridized carbons (Fsp3) is 0.400. The molecule has 2 rings (SSSR count). The third kappa shape index (κ3) is 1.96. The smallest absolute Gasteiger partial charge is 0.357 e. The monoisotopic (exact) mass is 236 g/mol. The van der Waals surface area contributed by atoms with E-state index in [9.17, 15) is 9.59 Å². The highest BCUT2D eigenvalue weighted by Crippen LogP contribution is 2.25. The van der Waals surface area contributed by atoms with E-state index in [-0.39, 0.29) is 0 Å². The van der Waals surface area contributed by atoms with Crippen LogP contribution in [0.4, 0.5) is 0 Å². The van der Waals surface area contributed by atoms with Crippen LogP contribution in [-0.4, -0.2) is 33.5 Å². The van der Waals surface area contributed by atoms with Gasteiger partial charge < -0.3 is 4.74 Å². The molecule has 2 heterocycles. The van der Waals surface area contributed by atoms with Crippen LogP contribution in [0.5, 0.6) is 0 Å². The molecule has 0 bridgehead atoms. The van der Waals surface area contributed by atoms with E-state index in [1.807, 2.05) is 0 Å². The molecule has 1 aliphatic rings. The average Bonchev–Trinajstić information content (AvgIpc) is 2.99. The van der Waals surface area contributed by atoms with Crippen LogP contribution in [0.3, 0.4) is 0 Å². The molecular formula is C10H12N4O3. The van der Waals surface area contributed by atoms with E-state index >= 15 is 0 Å². The fourth-order valence-corrected chi connectivity index (χ4v) is 1.82. The minimum absolute atomic E-state index is 0.500. The van der Waals surface area contributed by atoms with Gasteiger partial charge in [-0.3, -0.25) is 5.32 Å². The SMILES string of the molecule is C=CC(=O)OC(=O)[C@]1(n2ccnn2)CCCN1. The van der Waals surface area contributed by atoms with E-state index in [2.05, 4.69) is 26.9 Å². The lowest BCUT2D eigenvalue weighted by Gasteiger charge is -2.25. The zero-order valence-corrected chi connectivity index (χ0v) is 9.13. The molecule has 0 aromatic carbocycles. The Balaban J connectivity index is 2.26. The van der Waals surface area contributed by atoms with Gasteiger partial charge in [-0.2, -0.15) is 0 Å². The second-order valence-electron chi connectivity index (χ2n) is 3.65. The summed E-state index contributed by atoms with van der Waals surface area (Å²) in [7, 11) is 0. The van der Waals surface area contributed by atoms with Crippen molar-refractivity contribution in [3.8, 4) is 0 Å². The van der Waals surface area contributed by atoms with E-state index in [0.29, 0.717) is 13.0 Å². The van der Waals surface area contributed by atoms with Crippen LogP contribution in [0.25, 0.3) is 0 Å². The maximum absolute atomic E-state index is 12.0. The van der Waals surface area contributed by atoms with Crippen molar-refractivity contribution >= 4 is 11.9 Å². The first-order valence-electron chi connectivity index (χ1n) is 5.19. The molecule has 1 atom stereocenters. The lowest BCUT2D eigenvalue weighted by molar-refractivity contribution is -0.165. The Hall–Kier alpha value is -2.02. The molecule has 17 heavy (non-hydrogen) atoms. The molecule has 0 radical (unpaired) electrons. The van der Waals surface area contributed by atoms with Crippen molar-refractivity contribution in [3.63, 3.8) is 0 Å². The molecule has 1 fully saturated rings. The van der Waals surface area contributed by atoms with Crippen molar-refractivity contribution in [3.05, 3.63) is 25.0 Å². The summed E-state index contributed by atoms with van der Waals surface area (Å²) in [4.78, 5) is 23.0. The van der Waals surface area contributed by atoms with Gasteiger partial charge in [0, 0.05) is 12.3 Å². The summed E-state index contributed by atoms with van der Waals surface area (Å²) in [5.41, 5.74) is -1.13. The molecule has 0 unspecified atom stereocenters. The van der Waals surface area contributed by atoms with E-state index in [1.165, 1.54) is 10.9 Å². The Kier molecular flexibility index (Phi) is 3.01. The lowest BCUT2D eigenvalue weighted by atomic mass is 10.1. The van der Waals surface area contributed by atoms with E-state index in [0.717, 1.165) is 12.5 Å². The number of esters is 2. The molecule has 1 aromatic heterocycles. The largest absolute Gasteiger partial charge is 0.387 e. The molecule has 1 aliphatic heterocycles.